The predicted octanol–water partition coefficient (Wildman–Crippen LogP) is 3.02. The van der Waals surface area contributed by atoms with Crippen molar-refractivity contribution in [2.75, 3.05) is 29.0 Å². The van der Waals surface area contributed by atoms with E-state index in [1.165, 1.54) is 0 Å². The van der Waals surface area contributed by atoms with E-state index in [0.29, 0.717) is 23.6 Å². The molecule has 0 spiro atoms. The number of nitrogens with zero attached hydrogens (tertiary/aromatic N) is 1. The van der Waals surface area contributed by atoms with E-state index in [9.17, 15) is 18.0 Å². The van der Waals surface area contributed by atoms with Crippen LogP contribution in [0.2, 0.25) is 0 Å². The first kappa shape index (κ1) is 24.2. The van der Waals surface area contributed by atoms with E-state index in [2.05, 4.69) is 10.6 Å². The summed E-state index contributed by atoms with van der Waals surface area (Å²) in [5, 5.41) is 5.52. The second-order valence-electron chi connectivity index (χ2n) is 7.05. The van der Waals surface area contributed by atoms with E-state index >= 15 is 0 Å². The molecule has 8 nitrogen and oxygen atoms in total. The molecule has 0 aliphatic heterocycles. The Morgan fingerprint density at radius 3 is 2.35 bits per heavy atom. The van der Waals surface area contributed by atoms with Crippen molar-refractivity contribution in [3.63, 3.8) is 0 Å². The summed E-state index contributed by atoms with van der Waals surface area (Å²) in [5.74, 6) is -0.538. The third-order valence-electron chi connectivity index (χ3n) is 4.56. The van der Waals surface area contributed by atoms with E-state index < -0.39 is 22.5 Å². The molecule has 2 N–H and O–H groups in total. The lowest BCUT2D eigenvalue weighted by molar-refractivity contribution is -0.114. The number of carbonyl (C=O) groups is 2. The molecule has 2 aromatic carbocycles. The van der Waals surface area contributed by atoms with Gasteiger partial charge in [0.05, 0.1) is 29.8 Å². The van der Waals surface area contributed by atoms with Crippen molar-refractivity contribution in [3.05, 3.63) is 54.1 Å². The average molecular weight is 448 g/mol. The maximum absolute atomic E-state index is 12.8. The number of carbonyl (C=O) groups excluding carboxylic acids is 2. The van der Waals surface area contributed by atoms with Gasteiger partial charge in [-0.15, -0.1) is 0 Å². The van der Waals surface area contributed by atoms with Crippen molar-refractivity contribution in [3.8, 4) is 5.75 Å². The summed E-state index contributed by atoms with van der Waals surface area (Å²) in [4.78, 5) is 25.3. The Balaban J connectivity index is 2.27. The van der Waals surface area contributed by atoms with Gasteiger partial charge in [0.15, 0.2) is 0 Å². The van der Waals surface area contributed by atoms with Gasteiger partial charge in [0.25, 0.3) is 5.91 Å². The van der Waals surface area contributed by atoms with Crippen molar-refractivity contribution in [1.29, 1.82) is 0 Å². The predicted molar refractivity (Wildman–Crippen MR) is 122 cm³/mol. The number of sulfonamides is 1. The Morgan fingerprint density at radius 2 is 1.71 bits per heavy atom. The highest BCUT2D eigenvalue weighted by Crippen LogP contribution is 2.30. The Labute approximate surface area is 183 Å². The lowest BCUT2D eigenvalue weighted by Crippen LogP contribution is -2.38. The molecule has 0 saturated heterocycles. The molecule has 0 saturated carbocycles. The van der Waals surface area contributed by atoms with E-state index in [0.717, 1.165) is 17.0 Å². The Bertz CT molecular complexity index is 1020. The summed E-state index contributed by atoms with van der Waals surface area (Å²) in [6, 6.07) is 13.2. The molecule has 2 amide bonds. The van der Waals surface area contributed by atoms with Crippen LogP contribution in [0.3, 0.4) is 0 Å². The van der Waals surface area contributed by atoms with Crippen LogP contribution in [-0.2, 0) is 14.8 Å². The van der Waals surface area contributed by atoms with Crippen LogP contribution in [0.15, 0.2) is 48.5 Å². The fourth-order valence-corrected chi connectivity index (χ4v) is 3.70. The minimum absolute atomic E-state index is 0.0212. The van der Waals surface area contributed by atoms with Crippen LogP contribution in [0.1, 0.15) is 37.6 Å². The monoisotopic (exact) mass is 447 g/mol. The highest BCUT2D eigenvalue weighted by atomic mass is 32.2. The van der Waals surface area contributed by atoms with Crippen LogP contribution in [0.4, 0.5) is 11.4 Å². The first-order valence-corrected chi connectivity index (χ1v) is 11.9. The molecule has 2 aromatic rings. The quantitative estimate of drug-likeness (QED) is 0.583. The number of amides is 2. The van der Waals surface area contributed by atoms with Crippen LogP contribution < -0.4 is 19.7 Å². The maximum atomic E-state index is 12.8. The Morgan fingerprint density at radius 1 is 1.06 bits per heavy atom. The molecule has 168 valence electrons. The number of nitrogens with one attached hydrogen (secondary N) is 2. The molecule has 9 heteroatoms. The van der Waals surface area contributed by atoms with Gasteiger partial charge in [-0.25, -0.2) is 8.42 Å². The summed E-state index contributed by atoms with van der Waals surface area (Å²) in [6.07, 6.45) is 1.79. The van der Waals surface area contributed by atoms with Crippen LogP contribution in [0.5, 0.6) is 5.75 Å². The fourth-order valence-electron chi connectivity index (χ4n) is 2.84. The van der Waals surface area contributed by atoms with E-state index in [1.54, 1.807) is 55.5 Å². The minimum atomic E-state index is -3.78. The third-order valence-corrected chi connectivity index (χ3v) is 5.68. The number of hydrogen-bond acceptors (Lipinski definition) is 5. The third kappa shape index (κ3) is 6.71. The molecule has 0 bridgehead atoms. The number of benzene rings is 2. The van der Waals surface area contributed by atoms with Crippen molar-refractivity contribution in [2.24, 2.45) is 0 Å². The van der Waals surface area contributed by atoms with Gasteiger partial charge in [0.1, 0.15) is 12.3 Å². The largest absolute Gasteiger partial charge is 0.492 e. The molecule has 1 atom stereocenters. The van der Waals surface area contributed by atoms with E-state index in [1.807, 2.05) is 13.8 Å². The molecule has 0 aliphatic carbocycles. The Hall–Kier alpha value is -3.07. The van der Waals surface area contributed by atoms with E-state index in [4.69, 9.17) is 4.74 Å². The van der Waals surface area contributed by atoms with E-state index in [-0.39, 0.29) is 17.6 Å². The van der Waals surface area contributed by atoms with Gasteiger partial charge in [0, 0.05) is 6.04 Å². The summed E-state index contributed by atoms with van der Waals surface area (Å²) in [7, 11) is -3.78. The molecular formula is C22H29N3O5S. The standard InChI is InChI=1S/C22H29N3O5S/c1-5-16(3)23-22(27)17-11-7-8-12-18(17)24-21(26)15-25(31(4,28)29)19-13-9-10-14-20(19)30-6-2/h7-14,16H,5-6,15H2,1-4H3,(H,23,27)(H,24,26)/t16-/m1/s1. The first-order chi connectivity index (χ1) is 14.7. The summed E-state index contributed by atoms with van der Waals surface area (Å²) >= 11 is 0. The number of anilines is 2. The molecule has 0 radical (unpaired) electrons. The summed E-state index contributed by atoms with van der Waals surface area (Å²) in [6.45, 7) is 5.51. The van der Waals surface area contributed by atoms with Crippen molar-refractivity contribution in [2.45, 2.75) is 33.2 Å². The normalized spacial score (nSPS) is 12.0. The minimum Gasteiger partial charge on any atom is -0.492 e. The van der Waals surface area contributed by atoms with Gasteiger partial charge in [-0.2, -0.15) is 0 Å². The van der Waals surface area contributed by atoms with Gasteiger partial charge in [0.2, 0.25) is 15.9 Å². The Kier molecular flexibility index (Phi) is 8.44. The highest BCUT2D eigenvalue weighted by Gasteiger charge is 2.24. The molecule has 2 rings (SSSR count). The second kappa shape index (κ2) is 10.8. The first-order valence-electron chi connectivity index (χ1n) is 10.1. The zero-order valence-electron chi connectivity index (χ0n) is 18.2. The van der Waals surface area contributed by atoms with Crippen LogP contribution in [0, 0.1) is 0 Å². The maximum Gasteiger partial charge on any atom is 0.253 e. The van der Waals surface area contributed by atoms with Gasteiger partial charge in [-0.1, -0.05) is 31.2 Å². The van der Waals surface area contributed by atoms with Gasteiger partial charge in [-0.3, -0.25) is 13.9 Å². The smallest absolute Gasteiger partial charge is 0.253 e. The molecule has 0 aliphatic rings. The number of hydrogen-bond donors (Lipinski definition) is 2. The topological polar surface area (TPSA) is 105 Å². The van der Waals surface area contributed by atoms with Gasteiger partial charge >= 0.3 is 0 Å². The molecule has 31 heavy (non-hydrogen) atoms. The van der Waals surface area contributed by atoms with Crippen molar-refractivity contribution in [1.82, 2.24) is 5.32 Å². The fraction of sp³-hybridized carbons (Fsp3) is 0.364. The van der Waals surface area contributed by atoms with Crippen LogP contribution >= 0.6 is 0 Å². The molecule has 0 fully saturated rings. The number of rotatable bonds is 10. The van der Waals surface area contributed by atoms with Crippen LogP contribution in [-0.4, -0.2) is 45.7 Å². The SMILES string of the molecule is CCOc1ccccc1N(CC(=O)Nc1ccccc1C(=O)N[C@H](C)CC)S(C)(=O)=O. The summed E-state index contributed by atoms with van der Waals surface area (Å²) < 4.78 is 31.4. The number of para-hydroxylation sites is 3. The zero-order valence-corrected chi connectivity index (χ0v) is 19.0. The zero-order chi connectivity index (χ0) is 23.0. The van der Waals surface area contributed by atoms with Crippen molar-refractivity contribution >= 4 is 33.2 Å². The molecule has 0 aromatic heterocycles. The van der Waals surface area contributed by atoms with Crippen molar-refractivity contribution < 1.29 is 22.7 Å². The molecular weight excluding hydrogens is 418 g/mol. The lowest BCUT2D eigenvalue weighted by atomic mass is 10.1. The van der Waals surface area contributed by atoms with Gasteiger partial charge < -0.3 is 15.4 Å². The van der Waals surface area contributed by atoms with Crippen LogP contribution in [0.25, 0.3) is 0 Å². The highest BCUT2D eigenvalue weighted by molar-refractivity contribution is 7.92. The van der Waals surface area contributed by atoms with Gasteiger partial charge in [-0.05, 0) is 44.5 Å². The number of ether oxygens (including phenoxy) is 1. The lowest BCUT2D eigenvalue weighted by Gasteiger charge is -2.24. The molecule has 0 unspecified atom stereocenters. The summed E-state index contributed by atoms with van der Waals surface area (Å²) in [5.41, 5.74) is 0.876. The second-order valence-corrected chi connectivity index (χ2v) is 8.95. The average Bonchev–Trinajstić information content (AvgIpc) is 2.72. The molecule has 0 heterocycles.